The van der Waals surface area contributed by atoms with Crippen LogP contribution in [-0.4, -0.2) is 17.3 Å². The van der Waals surface area contributed by atoms with E-state index >= 15 is 0 Å². The number of carbonyl (C=O) groups is 1. The number of benzene rings is 2. The second-order valence-corrected chi connectivity index (χ2v) is 6.56. The van der Waals surface area contributed by atoms with Crippen LogP contribution >= 0.6 is 24.0 Å². The van der Waals surface area contributed by atoms with Gasteiger partial charge in [-0.3, -0.25) is 9.69 Å². The first-order valence-electron chi connectivity index (χ1n) is 6.86. The fourth-order valence-corrected chi connectivity index (χ4v) is 3.46. The van der Waals surface area contributed by atoms with Crippen LogP contribution in [0.3, 0.4) is 0 Å². The Morgan fingerprint density at radius 3 is 2.39 bits per heavy atom. The van der Waals surface area contributed by atoms with Crippen LogP contribution in [0.4, 0.5) is 11.4 Å². The van der Waals surface area contributed by atoms with Crippen LogP contribution in [0.1, 0.15) is 5.56 Å². The predicted octanol–water partition coefficient (Wildman–Crippen LogP) is 3.68. The molecule has 0 saturated carbocycles. The molecule has 1 aliphatic heterocycles. The maximum absolute atomic E-state index is 12.6. The zero-order valence-corrected chi connectivity index (χ0v) is 14.0. The average Bonchev–Trinajstić information content (AvgIpc) is 2.83. The Hall–Kier alpha value is -2.31. The van der Waals surface area contributed by atoms with Gasteiger partial charge >= 0.3 is 0 Å². The largest absolute Gasteiger partial charge is 0.497 e. The third-order valence-corrected chi connectivity index (χ3v) is 4.66. The van der Waals surface area contributed by atoms with Crippen molar-refractivity contribution in [2.75, 3.05) is 17.7 Å². The molecular formula is C17H14N2O2S2. The molecular weight excluding hydrogens is 328 g/mol. The molecule has 1 aliphatic rings. The van der Waals surface area contributed by atoms with Crippen LogP contribution in [0.15, 0.2) is 53.4 Å². The molecule has 6 heteroatoms. The molecule has 0 aromatic heterocycles. The molecule has 4 nitrogen and oxygen atoms in total. The monoisotopic (exact) mass is 342 g/mol. The van der Waals surface area contributed by atoms with Crippen molar-refractivity contribution in [1.29, 1.82) is 0 Å². The Balaban J connectivity index is 1.88. The maximum Gasteiger partial charge on any atom is 0.270 e. The van der Waals surface area contributed by atoms with Crippen molar-refractivity contribution in [1.82, 2.24) is 0 Å². The van der Waals surface area contributed by atoms with Crippen LogP contribution in [-0.2, 0) is 4.79 Å². The van der Waals surface area contributed by atoms with E-state index in [1.807, 2.05) is 30.3 Å². The van der Waals surface area contributed by atoms with Gasteiger partial charge in [-0.15, -0.1) is 0 Å². The van der Waals surface area contributed by atoms with Gasteiger partial charge in [0.05, 0.1) is 17.7 Å². The first kappa shape index (κ1) is 15.6. The quantitative estimate of drug-likeness (QED) is 0.524. The highest BCUT2D eigenvalue weighted by molar-refractivity contribution is 8.27. The minimum atomic E-state index is -0.124. The van der Waals surface area contributed by atoms with Gasteiger partial charge in [0.25, 0.3) is 5.91 Å². The van der Waals surface area contributed by atoms with Gasteiger partial charge in [-0.25, -0.2) is 0 Å². The highest BCUT2D eigenvalue weighted by atomic mass is 32.2. The van der Waals surface area contributed by atoms with Crippen molar-refractivity contribution in [3.05, 3.63) is 59.0 Å². The second-order valence-electron chi connectivity index (χ2n) is 4.88. The zero-order valence-electron chi connectivity index (χ0n) is 12.4. The number of hydrogen-bond donors (Lipinski definition) is 1. The molecule has 0 radical (unpaired) electrons. The van der Waals surface area contributed by atoms with Crippen molar-refractivity contribution in [3.63, 3.8) is 0 Å². The highest BCUT2D eigenvalue weighted by Gasteiger charge is 2.33. The lowest BCUT2D eigenvalue weighted by Gasteiger charge is -2.14. The number of ether oxygens (including phenoxy) is 1. The summed E-state index contributed by atoms with van der Waals surface area (Å²) in [5, 5.41) is 0. The van der Waals surface area contributed by atoms with Gasteiger partial charge in [-0.1, -0.05) is 36.1 Å². The molecule has 1 saturated heterocycles. The van der Waals surface area contributed by atoms with E-state index in [0.29, 0.717) is 14.9 Å². The van der Waals surface area contributed by atoms with Crippen molar-refractivity contribution in [2.45, 2.75) is 0 Å². The number of thioether (sulfide) groups is 1. The number of methoxy groups -OCH3 is 1. The number of nitrogens with zero attached hydrogens (tertiary/aromatic N) is 1. The van der Waals surface area contributed by atoms with Crippen LogP contribution in [0, 0.1) is 0 Å². The third kappa shape index (κ3) is 3.23. The van der Waals surface area contributed by atoms with Crippen LogP contribution in [0.5, 0.6) is 5.75 Å². The highest BCUT2D eigenvalue weighted by Crippen LogP contribution is 2.36. The van der Waals surface area contributed by atoms with Gasteiger partial charge in [0, 0.05) is 5.69 Å². The smallest absolute Gasteiger partial charge is 0.270 e. The van der Waals surface area contributed by atoms with Gasteiger partial charge in [-0.2, -0.15) is 0 Å². The molecule has 3 rings (SSSR count). The van der Waals surface area contributed by atoms with Crippen molar-refractivity contribution >= 4 is 51.7 Å². The summed E-state index contributed by atoms with van der Waals surface area (Å²) in [7, 11) is 1.62. The van der Waals surface area contributed by atoms with E-state index in [-0.39, 0.29) is 5.91 Å². The van der Waals surface area contributed by atoms with E-state index < -0.39 is 0 Å². The van der Waals surface area contributed by atoms with Gasteiger partial charge < -0.3 is 10.5 Å². The van der Waals surface area contributed by atoms with E-state index in [1.165, 1.54) is 16.7 Å². The maximum atomic E-state index is 12.6. The van der Waals surface area contributed by atoms with Crippen LogP contribution < -0.4 is 15.4 Å². The number of thiocarbonyl (C=S) groups is 1. The van der Waals surface area contributed by atoms with Crippen molar-refractivity contribution in [2.24, 2.45) is 0 Å². The van der Waals surface area contributed by atoms with E-state index in [9.17, 15) is 4.79 Å². The lowest BCUT2D eigenvalue weighted by molar-refractivity contribution is -0.113. The summed E-state index contributed by atoms with van der Waals surface area (Å²) in [6.07, 6.45) is 1.83. The number of nitrogen functional groups attached to an aromatic ring is 1. The molecule has 0 aliphatic carbocycles. The number of carbonyl (C=O) groups excluding carboxylic acids is 1. The number of hydrogen-bond acceptors (Lipinski definition) is 5. The van der Waals surface area contributed by atoms with Crippen LogP contribution in [0.25, 0.3) is 6.08 Å². The summed E-state index contributed by atoms with van der Waals surface area (Å²) < 4.78 is 5.64. The average molecular weight is 342 g/mol. The zero-order chi connectivity index (χ0) is 16.4. The van der Waals surface area contributed by atoms with Crippen molar-refractivity contribution in [3.8, 4) is 5.75 Å². The second kappa shape index (κ2) is 6.44. The molecule has 0 atom stereocenters. The molecule has 1 heterocycles. The minimum absolute atomic E-state index is 0.124. The lowest BCUT2D eigenvalue weighted by atomic mass is 10.2. The topological polar surface area (TPSA) is 55.6 Å². The normalized spacial score (nSPS) is 16.2. The Labute approximate surface area is 143 Å². The fraction of sp³-hybridized carbons (Fsp3) is 0.0588. The lowest BCUT2D eigenvalue weighted by Crippen LogP contribution is -2.27. The fourth-order valence-electron chi connectivity index (χ4n) is 2.17. The Morgan fingerprint density at radius 1 is 1.13 bits per heavy atom. The molecule has 2 aromatic carbocycles. The van der Waals surface area contributed by atoms with Crippen LogP contribution in [0.2, 0.25) is 0 Å². The van der Waals surface area contributed by atoms with Gasteiger partial charge in [0.2, 0.25) is 0 Å². The van der Waals surface area contributed by atoms with Gasteiger partial charge in [0.15, 0.2) is 4.32 Å². The van der Waals surface area contributed by atoms with E-state index in [4.69, 9.17) is 22.7 Å². The number of anilines is 2. The third-order valence-electron chi connectivity index (χ3n) is 3.36. The summed E-state index contributed by atoms with van der Waals surface area (Å²) in [5.41, 5.74) is 7.97. The summed E-state index contributed by atoms with van der Waals surface area (Å²) in [6, 6.07) is 14.6. The summed E-state index contributed by atoms with van der Waals surface area (Å²) in [5.74, 6) is 0.650. The molecule has 1 amide bonds. The van der Waals surface area contributed by atoms with E-state index in [1.54, 1.807) is 31.4 Å². The van der Waals surface area contributed by atoms with Gasteiger partial charge in [-0.05, 0) is 48.0 Å². The van der Waals surface area contributed by atoms with E-state index in [0.717, 1.165) is 17.0 Å². The molecule has 1 fully saturated rings. The number of nitrogens with two attached hydrogens (primary N) is 1. The molecule has 2 N–H and O–H groups in total. The SMILES string of the molecule is COc1ccc(/C=C2\SC(=S)N(c3ccc(N)cc3)C2=O)cc1. The standard InChI is InChI=1S/C17H14N2O2S2/c1-21-14-8-2-11(3-9-14)10-15-16(20)19(17(22)23-15)13-6-4-12(18)5-7-13/h2-10H,18H2,1H3/b15-10-. The summed E-state index contributed by atoms with van der Waals surface area (Å²) >= 11 is 6.63. The molecule has 0 bridgehead atoms. The summed E-state index contributed by atoms with van der Waals surface area (Å²) in [4.78, 5) is 14.7. The Morgan fingerprint density at radius 2 is 1.78 bits per heavy atom. The first-order chi connectivity index (χ1) is 11.1. The molecule has 0 unspecified atom stereocenters. The van der Waals surface area contributed by atoms with Crippen molar-refractivity contribution < 1.29 is 9.53 Å². The Bertz CT molecular complexity index is 783. The first-order valence-corrected chi connectivity index (χ1v) is 8.08. The molecule has 23 heavy (non-hydrogen) atoms. The van der Waals surface area contributed by atoms with E-state index in [2.05, 4.69) is 0 Å². The van der Waals surface area contributed by atoms with Gasteiger partial charge in [0.1, 0.15) is 5.75 Å². The molecule has 2 aromatic rings. The summed E-state index contributed by atoms with van der Waals surface area (Å²) in [6.45, 7) is 0. The molecule has 116 valence electrons. The Kier molecular flexibility index (Phi) is 4.36. The molecule has 0 spiro atoms. The predicted molar refractivity (Wildman–Crippen MR) is 99.5 cm³/mol. The number of amides is 1. The minimum Gasteiger partial charge on any atom is -0.497 e. The number of rotatable bonds is 3.